The minimum atomic E-state index is 0.398. The molecule has 0 bridgehead atoms. The SMILES string of the molecule is NC(=S)/C=C(/N)C1CCCC1. The van der Waals surface area contributed by atoms with Crippen molar-refractivity contribution in [1.29, 1.82) is 0 Å². The Balaban J connectivity index is 2.51. The summed E-state index contributed by atoms with van der Waals surface area (Å²) >= 11 is 4.73. The van der Waals surface area contributed by atoms with Crippen molar-refractivity contribution in [3.63, 3.8) is 0 Å². The Kier molecular flexibility index (Phi) is 2.88. The lowest BCUT2D eigenvalue weighted by Gasteiger charge is -2.07. The van der Waals surface area contributed by atoms with E-state index in [1.165, 1.54) is 25.7 Å². The molecule has 0 radical (unpaired) electrons. The summed E-state index contributed by atoms with van der Waals surface area (Å²) in [6, 6.07) is 0. The van der Waals surface area contributed by atoms with Crippen LogP contribution in [-0.4, -0.2) is 4.99 Å². The van der Waals surface area contributed by atoms with Gasteiger partial charge in [0.05, 0.1) is 4.99 Å². The van der Waals surface area contributed by atoms with Crippen LogP contribution in [0, 0.1) is 5.92 Å². The van der Waals surface area contributed by atoms with Gasteiger partial charge in [-0.1, -0.05) is 25.1 Å². The first-order chi connectivity index (χ1) is 5.20. The third-order valence-corrected chi connectivity index (χ3v) is 2.25. The molecule has 0 unspecified atom stereocenters. The maximum absolute atomic E-state index is 5.77. The predicted octanol–water partition coefficient (Wildman–Crippen LogP) is 1.31. The Hall–Kier alpha value is -0.570. The van der Waals surface area contributed by atoms with E-state index >= 15 is 0 Å². The third kappa shape index (κ3) is 2.50. The van der Waals surface area contributed by atoms with Gasteiger partial charge in [-0.05, 0) is 24.8 Å². The standard InChI is InChI=1S/C8H14N2S/c9-7(5-8(10)11)6-3-1-2-4-6/h5-6H,1-4,9H2,(H2,10,11)/b7-5+. The summed E-state index contributed by atoms with van der Waals surface area (Å²) < 4.78 is 0. The molecule has 3 heteroatoms. The van der Waals surface area contributed by atoms with Crippen LogP contribution in [0.2, 0.25) is 0 Å². The summed E-state index contributed by atoms with van der Waals surface area (Å²) in [4.78, 5) is 0.398. The first-order valence-electron chi connectivity index (χ1n) is 3.96. The van der Waals surface area contributed by atoms with Crippen LogP contribution >= 0.6 is 12.2 Å². The van der Waals surface area contributed by atoms with Crippen molar-refractivity contribution in [2.45, 2.75) is 25.7 Å². The van der Waals surface area contributed by atoms with E-state index in [1.54, 1.807) is 6.08 Å². The summed E-state index contributed by atoms with van der Waals surface area (Å²) in [6.07, 6.45) is 6.69. The fourth-order valence-electron chi connectivity index (χ4n) is 1.54. The smallest absolute Gasteiger partial charge is 0.0979 e. The highest BCUT2D eigenvalue weighted by Crippen LogP contribution is 2.28. The van der Waals surface area contributed by atoms with Crippen LogP contribution in [0.5, 0.6) is 0 Å². The zero-order chi connectivity index (χ0) is 8.27. The van der Waals surface area contributed by atoms with E-state index in [0.717, 1.165) is 5.70 Å². The topological polar surface area (TPSA) is 52.0 Å². The number of hydrogen-bond acceptors (Lipinski definition) is 2. The van der Waals surface area contributed by atoms with Gasteiger partial charge in [-0.3, -0.25) is 0 Å². The molecule has 2 nitrogen and oxygen atoms in total. The molecule has 0 heterocycles. The van der Waals surface area contributed by atoms with Crippen molar-refractivity contribution < 1.29 is 0 Å². The minimum Gasteiger partial charge on any atom is -0.402 e. The van der Waals surface area contributed by atoms with Gasteiger partial charge in [0, 0.05) is 5.70 Å². The van der Waals surface area contributed by atoms with Crippen LogP contribution in [0.1, 0.15) is 25.7 Å². The van der Waals surface area contributed by atoms with E-state index in [2.05, 4.69) is 0 Å². The minimum absolute atomic E-state index is 0.398. The van der Waals surface area contributed by atoms with Gasteiger partial charge in [0.25, 0.3) is 0 Å². The maximum Gasteiger partial charge on any atom is 0.0979 e. The van der Waals surface area contributed by atoms with Crippen molar-refractivity contribution in [3.8, 4) is 0 Å². The molecule has 0 aliphatic heterocycles. The van der Waals surface area contributed by atoms with Gasteiger partial charge in [-0.2, -0.15) is 0 Å². The van der Waals surface area contributed by atoms with Gasteiger partial charge in [-0.15, -0.1) is 0 Å². The zero-order valence-electron chi connectivity index (χ0n) is 6.55. The Bertz CT molecular complexity index is 181. The van der Waals surface area contributed by atoms with Gasteiger partial charge in [0.1, 0.15) is 0 Å². The number of rotatable bonds is 2. The normalized spacial score (nSPS) is 20.5. The molecule has 1 rings (SSSR count). The first-order valence-corrected chi connectivity index (χ1v) is 4.37. The van der Waals surface area contributed by atoms with Crippen molar-refractivity contribution in [2.75, 3.05) is 0 Å². The fourth-order valence-corrected chi connectivity index (χ4v) is 1.68. The van der Waals surface area contributed by atoms with Crippen LogP contribution in [-0.2, 0) is 0 Å². The van der Waals surface area contributed by atoms with E-state index in [-0.39, 0.29) is 0 Å². The largest absolute Gasteiger partial charge is 0.402 e. The molecular weight excluding hydrogens is 156 g/mol. The Morgan fingerprint density at radius 1 is 1.27 bits per heavy atom. The summed E-state index contributed by atoms with van der Waals surface area (Å²) in [5, 5.41) is 0. The molecule has 0 aromatic heterocycles. The number of nitrogens with two attached hydrogens (primary N) is 2. The molecule has 1 aliphatic rings. The Morgan fingerprint density at radius 3 is 2.27 bits per heavy atom. The molecule has 0 aromatic rings. The molecule has 0 spiro atoms. The molecule has 0 amide bonds. The zero-order valence-corrected chi connectivity index (χ0v) is 7.36. The average Bonchev–Trinajstić information content (AvgIpc) is 2.35. The van der Waals surface area contributed by atoms with Crippen molar-refractivity contribution >= 4 is 17.2 Å². The Morgan fingerprint density at radius 2 is 1.82 bits per heavy atom. The van der Waals surface area contributed by atoms with Crippen molar-refractivity contribution in [2.24, 2.45) is 17.4 Å². The highest BCUT2D eigenvalue weighted by atomic mass is 32.1. The van der Waals surface area contributed by atoms with Gasteiger partial charge < -0.3 is 11.5 Å². The van der Waals surface area contributed by atoms with Crippen LogP contribution in [0.25, 0.3) is 0 Å². The van der Waals surface area contributed by atoms with Crippen molar-refractivity contribution in [1.82, 2.24) is 0 Å². The number of thiocarbonyl (C=S) groups is 1. The van der Waals surface area contributed by atoms with Gasteiger partial charge in [0.15, 0.2) is 0 Å². The van der Waals surface area contributed by atoms with E-state index in [9.17, 15) is 0 Å². The lowest BCUT2D eigenvalue weighted by atomic mass is 10.0. The number of allylic oxidation sites excluding steroid dienone is 1. The molecule has 62 valence electrons. The molecule has 0 saturated heterocycles. The Labute approximate surface area is 72.6 Å². The quantitative estimate of drug-likeness (QED) is 0.485. The third-order valence-electron chi connectivity index (χ3n) is 2.14. The molecule has 1 aliphatic carbocycles. The van der Waals surface area contributed by atoms with Crippen LogP contribution < -0.4 is 11.5 Å². The molecule has 0 aromatic carbocycles. The summed E-state index contributed by atoms with van der Waals surface area (Å²) in [5.41, 5.74) is 12.0. The molecule has 11 heavy (non-hydrogen) atoms. The summed E-state index contributed by atoms with van der Waals surface area (Å²) in [7, 11) is 0. The molecule has 4 N–H and O–H groups in total. The number of hydrogen-bond donors (Lipinski definition) is 2. The van der Waals surface area contributed by atoms with Gasteiger partial charge >= 0.3 is 0 Å². The lowest BCUT2D eigenvalue weighted by molar-refractivity contribution is 0.635. The molecule has 1 fully saturated rings. The highest BCUT2D eigenvalue weighted by Gasteiger charge is 2.16. The molecular formula is C8H14N2S. The van der Waals surface area contributed by atoms with E-state index in [1.807, 2.05) is 0 Å². The summed E-state index contributed by atoms with van der Waals surface area (Å²) in [6.45, 7) is 0. The van der Waals surface area contributed by atoms with Gasteiger partial charge in [0.2, 0.25) is 0 Å². The summed E-state index contributed by atoms with van der Waals surface area (Å²) in [5.74, 6) is 0.538. The van der Waals surface area contributed by atoms with Crippen LogP contribution in [0.3, 0.4) is 0 Å². The second kappa shape index (κ2) is 3.72. The van der Waals surface area contributed by atoms with Crippen LogP contribution in [0.4, 0.5) is 0 Å². The second-order valence-electron chi connectivity index (χ2n) is 3.03. The molecule has 1 saturated carbocycles. The second-order valence-corrected chi connectivity index (χ2v) is 3.50. The predicted molar refractivity (Wildman–Crippen MR) is 51.0 cm³/mol. The van der Waals surface area contributed by atoms with E-state index < -0.39 is 0 Å². The fraction of sp³-hybridized carbons (Fsp3) is 0.625. The highest BCUT2D eigenvalue weighted by molar-refractivity contribution is 7.80. The van der Waals surface area contributed by atoms with E-state index in [0.29, 0.717) is 10.9 Å². The first kappa shape index (κ1) is 8.53. The van der Waals surface area contributed by atoms with Gasteiger partial charge in [-0.25, -0.2) is 0 Å². The molecule has 0 atom stereocenters. The van der Waals surface area contributed by atoms with E-state index in [4.69, 9.17) is 23.7 Å². The van der Waals surface area contributed by atoms with Crippen LogP contribution in [0.15, 0.2) is 11.8 Å². The average molecular weight is 170 g/mol. The van der Waals surface area contributed by atoms with Crippen molar-refractivity contribution in [3.05, 3.63) is 11.8 Å². The monoisotopic (exact) mass is 170 g/mol. The maximum atomic E-state index is 5.77. The lowest BCUT2D eigenvalue weighted by Crippen LogP contribution is -2.13.